The van der Waals surface area contributed by atoms with Crippen LogP contribution in [-0.4, -0.2) is 52.5 Å². The fourth-order valence-corrected chi connectivity index (χ4v) is 2.96. The van der Waals surface area contributed by atoms with Gasteiger partial charge in [-0.2, -0.15) is 0 Å². The maximum Gasteiger partial charge on any atom is 0.255 e. The van der Waals surface area contributed by atoms with Gasteiger partial charge in [0.15, 0.2) is 5.75 Å². The van der Waals surface area contributed by atoms with E-state index < -0.39 is 31.0 Å². The highest BCUT2D eigenvalue weighted by Gasteiger charge is 2.18. The zero-order chi connectivity index (χ0) is 22.4. The molecule has 0 unspecified atom stereocenters. The van der Waals surface area contributed by atoms with Crippen LogP contribution in [0.2, 0.25) is 5.02 Å². The Morgan fingerprint density at radius 2 is 1.97 bits per heavy atom. The second-order valence-electron chi connectivity index (χ2n) is 6.48. The molecule has 0 aliphatic rings. The quantitative estimate of drug-likeness (QED) is 0.420. The minimum Gasteiger partial charge on any atom is -0.493 e. The van der Waals surface area contributed by atoms with Crippen LogP contribution in [0, 0.1) is 5.82 Å². The SMILES string of the molecule is COc1cnc(-c2cc(Cl)ccc2F)cc1Nc1ccncc1C(=O)NC(CO)CO. The minimum atomic E-state index is -0.812. The van der Waals surface area contributed by atoms with Crippen LogP contribution in [0.15, 0.2) is 48.9 Å². The average molecular weight is 447 g/mol. The van der Waals surface area contributed by atoms with Gasteiger partial charge >= 0.3 is 0 Å². The molecule has 0 saturated heterocycles. The third kappa shape index (κ3) is 5.26. The number of hydrogen-bond acceptors (Lipinski definition) is 7. The number of nitrogens with one attached hydrogen (secondary N) is 2. The van der Waals surface area contributed by atoms with E-state index in [4.69, 9.17) is 16.3 Å². The predicted octanol–water partition coefficient (Wildman–Crippen LogP) is 2.77. The standard InChI is InChI=1S/C21H20ClFN4O4/c1-31-20-9-25-18(14-6-12(22)2-3-16(14)23)7-19(20)27-17-4-5-24-8-15(17)21(30)26-13(10-28)11-29/h2-9,13,28-29H,10-11H2,1H3,(H,26,30)(H,24,25,27). The molecule has 3 aromatic rings. The van der Waals surface area contributed by atoms with Crippen LogP contribution >= 0.6 is 11.6 Å². The molecule has 0 saturated carbocycles. The van der Waals surface area contributed by atoms with Crippen molar-refractivity contribution >= 4 is 28.9 Å². The molecule has 0 aliphatic heterocycles. The lowest BCUT2D eigenvalue weighted by Crippen LogP contribution is -2.40. The second-order valence-corrected chi connectivity index (χ2v) is 6.91. The van der Waals surface area contributed by atoms with E-state index in [0.29, 0.717) is 27.8 Å². The van der Waals surface area contributed by atoms with Crippen LogP contribution in [0.3, 0.4) is 0 Å². The molecule has 0 spiro atoms. The normalized spacial score (nSPS) is 10.8. The Kier molecular flexibility index (Phi) is 7.35. The van der Waals surface area contributed by atoms with Gasteiger partial charge in [-0.3, -0.25) is 14.8 Å². The number of aromatic nitrogens is 2. The molecule has 0 atom stereocenters. The number of halogens is 2. The van der Waals surface area contributed by atoms with Crippen LogP contribution in [0.1, 0.15) is 10.4 Å². The number of aliphatic hydroxyl groups is 2. The van der Waals surface area contributed by atoms with Crippen LogP contribution in [-0.2, 0) is 0 Å². The molecule has 10 heteroatoms. The number of aliphatic hydroxyl groups excluding tert-OH is 2. The van der Waals surface area contributed by atoms with E-state index in [0.717, 1.165) is 0 Å². The zero-order valence-corrected chi connectivity index (χ0v) is 17.2. The van der Waals surface area contributed by atoms with Crippen molar-refractivity contribution in [1.82, 2.24) is 15.3 Å². The molecular weight excluding hydrogens is 427 g/mol. The first-order valence-corrected chi connectivity index (χ1v) is 9.57. The van der Waals surface area contributed by atoms with Gasteiger partial charge in [0.2, 0.25) is 0 Å². The highest BCUT2D eigenvalue weighted by atomic mass is 35.5. The number of benzene rings is 1. The number of rotatable bonds is 8. The number of anilines is 2. The van der Waals surface area contributed by atoms with Gasteiger partial charge in [0.1, 0.15) is 5.82 Å². The maximum atomic E-state index is 14.3. The van der Waals surface area contributed by atoms with Gasteiger partial charge in [-0.15, -0.1) is 0 Å². The third-order valence-electron chi connectivity index (χ3n) is 4.40. The summed E-state index contributed by atoms with van der Waals surface area (Å²) in [5, 5.41) is 24.4. The summed E-state index contributed by atoms with van der Waals surface area (Å²) in [5.41, 5.74) is 1.49. The van der Waals surface area contributed by atoms with Crippen molar-refractivity contribution in [3.63, 3.8) is 0 Å². The zero-order valence-electron chi connectivity index (χ0n) is 16.5. The summed E-state index contributed by atoms with van der Waals surface area (Å²) in [7, 11) is 1.45. The van der Waals surface area contributed by atoms with Crippen LogP contribution in [0.5, 0.6) is 5.75 Å². The lowest BCUT2D eigenvalue weighted by atomic mass is 10.1. The fraction of sp³-hybridized carbons (Fsp3) is 0.190. The molecule has 2 aromatic heterocycles. The van der Waals surface area contributed by atoms with E-state index in [1.54, 1.807) is 12.1 Å². The van der Waals surface area contributed by atoms with Gasteiger partial charge in [-0.25, -0.2) is 4.39 Å². The largest absolute Gasteiger partial charge is 0.493 e. The van der Waals surface area contributed by atoms with Crippen molar-refractivity contribution in [2.75, 3.05) is 25.6 Å². The Labute approximate surface area is 182 Å². The van der Waals surface area contributed by atoms with E-state index in [2.05, 4.69) is 20.6 Å². The molecule has 0 radical (unpaired) electrons. The summed E-state index contributed by atoms with van der Waals surface area (Å²) in [6, 6.07) is 6.48. The molecule has 162 valence electrons. The second kappa shape index (κ2) is 10.2. The maximum absolute atomic E-state index is 14.3. The molecule has 0 bridgehead atoms. The molecule has 1 amide bonds. The van der Waals surface area contributed by atoms with E-state index in [1.165, 1.54) is 43.9 Å². The lowest BCUT2D eigenvalue weighted by molar-refractivity contribution is 0.0880. The summed E-state index contributed by atoms with van der Waals surface area (Å²) < 4.78 is 19.6. The first-order chi connectivity index (χ1) is 15.0. The van der Waals surface area contributed by atoms with Crippen molar-refractivity contribution in [2.45, 2.75) is 6.04 Å². The highest BCUT2D eigenvalue weighted by Crippen LogP contribution is 2.33. The average Bonchev–Trinajstić information content (AvgIpc) is 2.79. The summed E-state index contributed by atoms with van der Waals surface area (Å²) in [6.45, 7) is -0.837. The molecule has 0 aliphatic carbocycles. The van der Waals surface area contributed by atoms with Gasteiger partial charge in [-0.05, 0) is 30.3 Å². The Balaban J connectivity index is 1.98. The Morgan fingerprint density at radius 1 is 1.19 bits per heavy atom. The molecule has 2 heterocycles. The van der Waals surface area contributed by atoms with E-state index >= 15 is 0 Å². The summed E-state index contributed by atoms with van der Waals surface area (Å²) in [5.74, 6) is -0.674. The van der Waals surface area contributed by atoms with Gasteiger partial charge in [-0.1, -0.05) is 11.6 Å². The third-order valence-corrected chi connectivity index (χ3v) is 4.64. The van der Waals surface area contributed by atoms with Gasteiger partial charge in [0, 0.05) is 23.0 Å². The van der Waals surface area contributed by atoms with Crippen LogP contribution in [0.4, 0.5) is 15.8 Å². The lowest BCUT2D eigenvalue weighted by Gasteiger charge is -2.17. The monoisotopic (exact) mass is 446 g/mol. The molecule has 8 nitrogen and oxygen atoms in total. The van der Waals surface area contributed by atoms with Crippen molar-refractivity contribution in [1.29, 1.82) is 0 Å². The number of carbonyl (C=O) groups is 1. The van der Waals surface area contributed by atoms with Gasteiger partial charge in [0.05, 0.1) is 55.2 Å². The number of hydrogen-bond donors (Lipinski definition) is 4. The van der Waals surface area contributed by atoms with Crippen molar-refractivity contribution in [2.24, 2.45) is 0 Å². The van der Waals surface area contributed by atoms with Crippen molar-refractivity contribution in [3.8, 4) is 17.0 Å². The molecule has 4 N–H and O–H groups in total. The molecule has 0 fully saturated rings. The van der Waals surface area contributed by atoms with E-state index in [1.807, 2.05) is 0 Å². The Bertz CT molecular complexity index is 1080. The first-order valence-electron chi connectivity index (χ1n) is 9.20. The van der Waals surface area contributed by atoms with Crippen LogP contribution < -0.4 is 15.4 Å². The minimum absolute atomic E-state index is 0.170. The molecule has 3 rings (SSSR count). The van der Waals surface area contributed by atoms with Crippen LogP contribution in [0.25, 0.3) is 11.3 Å². The van der Waals surface area contributed by atoms with Gasteiger partial charge in [0.25, 0.3) is 5.91 Å². The first kappa shape index (κ1) is 22.4. The highest BCUT2D eigenvalue weighted by molar-refractivity contribution is 6.30. The number of ether oxygens (including phenoxy) is 1. The van der Waals surface area contributed by atoms with E-state index in [-0.39, 0.29) is 11.1 Å². The number of methoxy groups -OCH3 is 1. The molecule has 1 aromatic carbocycles. The molecular formula is C21H20ClFN4O4. The predicted molar refractivity (Wildman–Crippen MR) is 114 cm³/mol. The Morgan fingerprint density at radius 3 is 2.68 bits per heavy atom. The summed E-state index contributed by atoms with van der Waals surface area (Å²) in [6.07, 6.45) is 4.25. The number of pyridine rings is 2. The summed E-state index contributed by atoms with van der Waals surface area (Å²) in [4.78, 5) is 20.8. The fourth-order valence-electron chi connectivity index (χ4n) is 2.79. The van der Waals surface area contributed by atoms with Gasteiger partial charge < -0.3 is 25.6 Å². The number of nitrogens with zero attached hydrogens (tertiary/aromatic N) is 2. The summed E-state index contributed by atoms with van der Waals surface area (Å²) >= 11 is 5.99. The van der Waals surface area contributed by atoms with Crippen molar-refractivity contribution < 1.29 is 24.1 Å². The molecule has 31 heavy (non-hydrogen) atoms. The Hall–Kier alpha value is -3.27. The smallest absolute Gasteiger partial charge is 0.255 e. The topological polar surface area (TPSA) is 117 Å². The number of amides is 1. The number of carbonyl (C=O) groups excluding carboxylic acids is 1. The van der Waals surface area contributed by atoms with Crippen molar-refractivity contribution in [3.05, 3.63) is 65.3 Å². The van der Waals surface area contributed by atoms with E-state index in [9.17, 15) is 19.4 Å².